The molecule has 10 heavy (non-hydrogen) atoms. The summed E-state index contributed by atoms with van der Waals surface area (Å²) in [5.74, 6) is 0.0503. The molecule has 0 fully saturated rings. The van der Waals surface area contributed by atoms with Crippen LogP contribution in [0.3, 0.4) is 0 Å². The van der Waals surface area contributed by atoms with Gasteiger partial charge in [0.15, 0.2) is 5.78 Å². The molecule has 4 heteroatoms. The lowest BCUT2D eigenvalue weighted by Crippen LogP contribution is -2.33. The van der Waals surface area contributed by atoms with Crippen LogP contribution in [0.5, 0.6) is 0 Å². The number of rotatable bonds is 2. The first-order chi connectivity index (χ1) is 4.75. The van der Waals surface area contributed by atoms with Gasteiger partial charge in [-0.3, -0.25) is 10.2 Å². The summed E-state index contributed by atoms with van der Waals surface area (Å²) >= 11 is 0. The van der Waals surface area contributed by atoms with Gasteiger partial charge in [-0.05, 0) is 6.42 Å². The Bertz CT molecular complexity index is 185. The Balaban J connectivity index is 2.78. The summed E-state index contributed by atoms with van der Waals surface area (Å²) in [6.45, 7) is 3.52. The first-order valence-electron chi connectivity index (χ1n) is 3.26. The molecule has 0 aromatic carbocycles. The molecular weight excluding hydrogens is 130 g/mol. The highest BCUT2D eigenvalue weighted by Crippen LogP contribution is 2.05. The van der Waals surface area contributed by atoms with Crippen molar-refractivity contribution in [1.29, 1.82) is 0 Å². The largest absolute Gasteiger partial charge is 0.306 e. The highest BCUT2D eigenvalue weighted by molar-refractivity contribution is 5.93. The minimum absolute atomic E-state index is 0.0503. The summed E-state index contributed by atoms with van der Waals surface area (Å²) in [6, 6.07) is 0. The Labute approximate surface area is 59.6 Å². The summed E-state index contributed by atoms with van der Waals surface area (Å²) in [4.78, 5) is 10.8. The zero-order valence-electron chi connectivity index (χ0n) is 6.12. The molecule has 0 aromatic rings. The van der Waals surface area contributed by atoms with Crippen molar-refractivity contribution in [3.63, 3.8) is 0 Å². The van der Waals surface area contributed by atoms with Crippen LogP contribution in [0.2, 0.25) is 0 Å². The Hall–Kier alpha value is -1.03. The molecule has 56 valence electrons. The van der Waals surface area contributed by atoms with E-state index in [0.717, 1.165) is 12.1 Å². The molecule has 3 N–H and O–H groups in total. The van der Waals surface area contributed by atoms with Crippen molar-refractivity contribution in [3.05, 3.63) is 11.4 Å². The number of carbonyl (C=O) groups excluding carboxylic acids is 1. The number of allylic oxidation sites excluding steroid dienone is 2. The zero-order valence-corrected chi connectivity index (χ0v) is 6.12. The van der Waals surface area contributed by atoms with Gasteiger partial charge in [0, 0.05) is 6.92 Å². The third-order valence-electron chi connectivity index (χ3n) is 1.41. The van der Waals surface area contributed by atoms with E-state index in [0.29, 0.717) is 5.70 Å². The molecule has 0 aromatic heterocycles. The standard InChI is InChI=1S/C6H11N3O/c1-3-5-6(4(2)10)8-9-7-5/h7-9H,3H2,1-2H3. The Morgan fingerprint density at radius 3 is 2.60 bits per heavy atom. The number of hydrogen-bond acceptors (Lipinski definition) is 4. The Morgan fingerprint density at radius 2 is 2.20 bits per heavy atom. The van der Waals surface area contributed by atoms with Gasteiger partial charge >= 0.3 is 0 Å². The van der Waals surface area contributed by atoms with Gasteiger partial charge in [-0.1, -0.05) is 6.92 Å². The lowest BCUT2D eigenvalue weighted by Gasteiger charge is -1.96. The van der Waals surface area contributed by atoms with Gasteiger partial charge < -0.3 is 5.43 Å². The fourth-order valence-corrected chi connectivity index (χ4v) is 0.873. The van der Waals surface area contributed by atoms with Crippen LogP contribution in [0.4, 0.5) is 0 Å². The fourth-order valence-electron chi connectivity index (χ4n) is 0.873. The van der Waals surface area contributed by atoms with E-state index in [1.807, 2.05) is 6.92 Å². The van der Waals surface area contributed by atoms with Crippen LogP contribution in [0.15, 0.2) is 11.4 Å². The van der Waals surface area contributed by atoms with Crippen LogP contribution in [-0.2, 0) is 4.79 Å². The second-order valence-electron chi connectivity index (χ2n) is 2.14. The number of Topliss-reactive ketones (excluding diaryl/α,β-unsaturated/α-hetero) is 1. The molecular formula is C6H11N3O. The van der Waals surface area contributed by atoms with Crippen LogP contribution >= 0.6 is 0 Å². The summed E-state index contributed by atoms with van der Waals surface area (Å²) < 4.78 is 0. The average molecular weight is 141 g/mol. The monoisotopic (exact) mass is 141 g/mol. The van der Waals surface area contributed by atoms with Gasteiger partial charge in [0.2, 0.25) is 0 Å². The summed E-state index contributed by atoms with van der Waals surface area (Å²) in [5.41, 5.74) is 9.79. The molecule has 0 aliphatic carbocycles. The lowest BCUT2D eigenvalue weighted by molar-refractivity contribution is -0.114. The third kappa shape index (κ3) is 1.11. The molecule has 0 saturated carbocycles. The van der Waals surface area contributed by atoms with Crippen LogP contribution in [-0.4, -0.2) is 5.78 Å². The summed E-state index contributed by atoms with van der Waals surface area (Å²) in [5, 5.41) is 0. The number of nitrogens with one attached hydrogen (secondary N) is 3. The van der Waals surface area contributed by atoms with E-state index in [4.69, 9.17) is 0 Å². The van der Waals surface area contributed by atoms with Crippen LogP contribution in [0, 0.1) is 0 Å². The minimum Gasteiger partial charge on any atom is -0.306 e. The van der Waals surface area contributed by atoms with E-state index >= 15 is 0 Å². The molecule has 0 radical (unpaired) electrons. The molecule has 0 atom stereocenters. The van der Waals surface area contributed by atoms with Crippen molar-refractivity contribution in [2.24, 2.45) is 0 Å². The van der Waals surface area contributed by atoms with Crippen molar-refractivity contribution in [2.45, 2.75) is 20.3 Å². The first kappa shape index (κ1) is 7.08. The van der Waals surface area contributed by atoms with Gasteiger partial charge in [-0.25, -0.2) is 0 Å². The molecule has 0 unspecified atom stereocenters. The maximum absolute atomic E-state index is 10.8. The van der Waals surface area contributed by atoms with Crippen molar-refractivity contribution >= 4 is 5.78 Å². The quantitative estimate of drug-likeness (QED) is 0.499. The number of ketones is 1. The van der Waals surface area contributed by atoms with Crippen molar-refractivity contribution in [1.82, 2.24) is 16.4 Å². The van der Waals surface area contributed by atoms with Gasteiger partial charge in [0.25, 0.3) is 0 Å². The van der Waals surface area contributed by atoms with E-state index in [1.54, 1.807) is 0 Å². The molecule has 1 heterocycles. The molecule has 0 amide bonds. The SMILES string of the molecule is CCC1=C(C(C)=O)NNN1. The van der Waals surface area contributed by atoms with E-state index in [2.05, 4.69) is 16.4 Å². The molecule has 1 aliphatic heterocycles. The molecule has 0 bridgehead atoms. The van der Waals surface area contributed by atoms with Crippen LogP contribution in [0.25, 0.3) is 0 Å². The molecule has 1 aliphatic rings. The van der Waals surface area contributed by atoms with Gasteiger partial charge in [-0.2, -0.15) is 5.53 Å². The van der Waals surface area contributed by atoms with E-state index in [1.165, 1.54) is 6.92 Å². The van der Waals surface area contributed by atoms with E-state index < -0.39 is 0 Å². The number of hydrogen-bond donors (Lipinski definition) is 3. The Kier molecular flexibility index (Phi) is 1.91. The van der Waals surface area contributed by atoms with Crippen LogP contribution in [0.1, 0.15) is 20.3 Å². The molecule has 0 saturated heterocycles. The third-order valence-corrected chi connectivity index (χ3v) is 1.41. The smallest absolute Gasteiger partial charge is 0.178 e. The highest BCUT2D eigenvalue weighted by atomic mass is 16.1. The minimum atomic E-state index is 0.0503. The van der Waals surface area contributed by atoms with Gasteiger partial charge in [0.05, 0.1) is 5.70 Å². The molecule has 4 nitrogen and oxygen atoms in total. The van der Waals surface area contributed by atoms with Crippen LogP contribution < -0.4 is 16.4 Å². The topological polar surface area (TPSA) is 53.2 Å². The Morgan fingerprint density at radius 1 is 1.50 bits per heavy atom. The van der Waals surface area contributed by atoms with Crippen molar-refractivity contribution in [2.75, 3.05) is 0 Å². The van der Waals surface area contributed by atoms with Crippen molar-refractivity contribution < 1.29 is 4.79 Å². The van der Waals surface area contributed by atoms with E-state index in [-0.39, 0.29) is 5.78 Å². The number of hydrazine groups is 2. The maximum atomic E-state index is 10.8. The lowest BCUT2D eigenvalue weighted by atomic mass is 10.2. The second kappa shape index (κ2) is 2.70. The highest BCUT2D eigenvalue weighted by Gasteiger charge is 2.14. The maximum Gasteiger partial charge on any atom is 0.178 e. The molecule has 1 rings (SSSR count). The number of carbonyl (C=O) groups is 1. The predicted octanol–water partition coefficient (Wildman–Crippen LogP) is -0.191. The summed E-state index contributed by atoms with van der Waals surface area (Å²) in [7, 11) is 0. The summed E-state index contributed by atoms with van der Waals surface area (Å²) in [6.07, 6.45) is 0.828. The molecule has 0 spiro atoms. The second-order valence-corrected chi connectivity index (χ2v) is 2.14. The van der Waals surface area contributed by atoms with Gasteiger partial charge in [0.1, 0.15) is 5.70 Å². The first-order valence-corrected chi connectivity index (χ1v) is 3.26. The fraction of sp³-hybridized carbons (Fsp3) is 0.500. The predicted molar refractivity (Wildman–Crippen MR) is 37.4 cm³/mol. The average Bonchev–Trinajstić information content (AvgIpc) is 2.33. The van der Waals surface area contributed by atoms with Gasteiger partial charge in [-0.15, -0.1) is 0 Å². The zero-order chi connectivity index (χ0) is 7.56. The normalized spacial score (nSPS) is 16.6. The van der Waals surface area contributed by atoms with E-state index in [9.17, 15) is 4.79 Å². The van der Waals surface area contributed by atoms with Crippen molar-refractivity contribution in [3.8, 4) is 0 Å².